The van der Waals surface area contributed by atoms with Gasteiger partial charge in [-0.25, -0.2) is 0 Å². The van der Waals surface area contributed by atoms with E-state index in [-0.39, 0.29) is 17.7 Å². The van der Waals surface area contributed by atoms with Crippen molar-refractivity contribution >= 4 is 35.0 Å². The molecular formula is C19H20N2O3S. The molecule has 0 aromatic heterocycles. The van der Waals surface area contributed by atoms with Gasteiger partial charge < -0.3 is 15.4 Å². The number of carbonyl (C=O) groups excluding carboxylic acids is 2. The molecule has 2 N–H and O–H groups in total. The molecule has 1 fully saturated rings. The van der Waals surface area contributed by atoms with Crippen molar-refractivity contribution < 1.29 is 14.3 Å². The molecule has 5 nitrogen and oxygen atoms in total. The molecule has 25 heavy (non-hydrogen) atoms. The van der Waals surface area contributed by atoms with E-state index in [9.17, 15) is 9.59 Å². The van der Waals surface area contributed by atoms with Crippen LogP contribution in [0.4, 0.5) is 11.4 Å². The Morgan fingerprint density at radius 1 is 1.08 bits per heavy atom. The average Bonchev–Trinajstić information content (AvgIpc) is 3.46. The number of rotatable bonds is 7. The summed E-state index contributed by atoms with van der Waals surface area (Å²) in [7, 11) is 1.60. The quantitative estimate of drug-likeness (QED) is 0.741. The zero-order valence-corrected chi connectivity index (χ0v) is 14.8. The molecule has 0 atom stereocenters. The number of carbonyl (C=O) groups is 2. The van der Waals surface area contributed by atoms with Crippen LogP contribution in [-0.4, -0.2) is 24.7 Å². The minimum atomic E-state index is -0.0809. The number of thioether (sulfide) groups is 1. The highest BCUT2D eigenvalue weighted by Gasteiger charge is 2.29. The molecule has 1 saturated carbocycles. The van der Waals surface area contributed by atoms with Gasteiger partial charge in [-0.05, 0) is 55.3 Å². The summed E-state index contributed by atoms with van der Waals surface area (Å²) >= 11 is 1.43. The molecule has 2 aromatic carbocycles. The predicted molar refractivity (Wildman–Crippen MR) is 100 cm³/mol. The van der Waals surface area contributed by atoms with Gasteiger partial charge in [0.1, 0.15) is 5.75 Å². The van der Waals surface area contributed by atoms with Crippen molar-refractivity contribution in [3.8, 4) is 5.75 Å². The van der Waals surface area contributed by atoms with Crippen LogP contribution >= 0.6 is 11.8 Å². The van der Waals surface area contributed by atoms with Gasteiger partial charge in [0.25, 0.3) is 0 Å². The molecule has 2 amide bonds. The maximum atomic E-state index is 12.1. The van der Waals surface area contributed by atoms with Crippen LogP contribution in [0.2, 0.25) is 0 Å². The number of amides is 2. The zero-order chi connectivity index (χ0) is 17.6. The van der Waals surface area contributed by atoms with E-state index in [2.05, 4.69) is 10.6 Å². The van der Waals surface area contributed by atoms with Gasteiger partial charge in [0.05, 0.1) is 12.9 Å². The molecule has 130 valence electrons. The molecule has 0 radical (unpaired) electrons. The minimum Gasteiger partial charge on any atom is -0.497 e. The number of hydrogen-bond acceptors (Lipinski definition) is 4. The molecule has 1 aliphatic rings. The monoisotopic (exact) mass is 356 g/mol. The van der Waals surface area contributed by atoms with Crippen molar-refractivity contribution in [1.82, 2.24) is 0 Å². The van der Waals surface area contributed by atoms with Gasteiger partial charge in [-0.3, -0.25) is 9.59 Å². The Morgan fingerprint density at radius 2 is 1.84 bits per heavy atom. The van der Waals surface area contributed by atoms with Crippen LogP contribution in [0.15, 0.2) is 53.4 Å². The summed E-state index contributed by atoms with van der Waals surface area (Å²) in [6.07, 6.45) is 1.96. The van der Waals surface area contributed by atoms with Crippen LogP contribution in [0, 0.1) is 5.92 Å². The van der Waals surface area contributed by atoms with Crippen molar-refractivity contribution in [2.45, 2.75) is 17.7 Å². The van der Waals surface area contributed by atoms with Crippen LogP contribution in [0.1, 0.15) is 12.8 Å². The van der Waals surface area contributed by atoms with Gasteiger partial charge in [0, 0.05) is 22.2 Å². The fourth-order valence-electron chi connectivity index (χ4n) is 2.27. The first-order chi connectivity index (χ1) is 12.1. The smallest absolute Gasteiger partial charge is 0.234 e. The van der Waals surface area contributed by atoms with Crippen LogP contribution < -0.4 is 15.4 Å². The molecule has 0 heterocycles. The summed E-state index contributed by atoms with van der Waals surface area (Å²) < 4.78 is 5.09. The molecule has 0 bridgehead atoms. The van der Waals surface area contributed by atoms with E-state index in [1.54, 1.807) is 31.4 Å². The van der Waals surface area contributed by atoms with Crippen molar-refractivity contribution in [2.75, 3.05) is 23.5 Å². The average molecular weight is 356 g/mol. The standard InChI is InChI=1S/C19H20N2O3S/c1-24-16-9-7-14(8-10-16)20-18(22)12-25-17-4-2-3-15(11-17)21-19(23)13-5-6-13/h2-4,7-11,13H,5-6,12H2,1H3,(H,20,22)(H,21,23). The summed E-state index contributed by atoms with van der Waals surface area (Å²) in [5, 5.41) is 5.77. The van der Waals surface area contributed by atoms with E-state index in [0.717, 1.165) is 34.9 Å². The largest absolute Gasteiger partial charge is 0.497 e. The van der Waals surface area contributed by atoms with E-state index in [4.69, 9.17) is 4.74 Å². The zero-order valence-electron chi connectivity index (χ0n) is 14.0. The second-order valence-corrected chi connectivity index (χ2v) is 6.91. The molecule has 0 saturated heterocycles. The van der Waals surface area contributed by atoms with Gasteiger partial charge in [-0.1, -0.05) is 6.07 Å². The van der Waals surface area contributed by atoms with Crippen LogP contribution in [0.25, 0.3) is 0 Å². The lowest BCUT2D eigenvalue weighted by molar-refractivity contribution is -0.117. The molecule has 0 unspecified atom stereocenters. The van der Waals surface area contributed by atoms with Crippen molar-refractivity contribution in [2.24, 2.45) is 5.92 Å². The summed E-state index contributed by atoms with van der Waals surface area (Å²) in [5.41, 5.74) is 1.51. The predicted octanol–water partition coefficient (Wildman–Crippen LogP) is 3.77. The van der Waals surface area contributed by atoms with E-state index in [1.165, 1.54) is 11.8 Å². The third kappa shape index (κ3) is 5.26. The Labute approximate surface area is 151 Å². The van der Waals surface area contributed by atoms with Crippen molar-refractivity contribution in [3.05, 3.63) is 48.5 Å². The Balaban J connectivity index is 1.50. The number of ether oxygens (including phenoxy) is 1. The molecule has 6 heteroatoms. The fraction of sp³-hybridized carbons (Fsp3) is 0.263. The Kier molecular flexibility index (Phi) is 5.60. The molecule has 3 rings (SSSR count). The maximum Gasteiger partial charge on any atom is 0.234 e. The second kappa shape index (κ2) is 8.07. The lowest BCUT2D eigenvalue weighted by atomic mass is 10.3. The fourth-order valence-corrected chi connectivity index (χ4v) is 3.03. The molecule has 0 aliphatic heterocycles. The normalized spacial score (nSPS) is 13.2. The van der Waals surface area contributed by atoms with Crippen LogP contribution in [-0.2, 0) is 9.59 Å². The lowest BCUT2D eigenvalue weighted by Crippen LogP contribution is -2.14. The SMILES string of the molecule is COc1ccc(NC(=O)CSc2cccc(NC(=O)C3CC3)c2)cc1. The van der Waals surface area contributed by atoms with Crippen LogP contribution in [0.5, 0.6) is 5.75 Å². The summed E-state index contributed by atoms with van der Waals surface area (Å²) in [6.45, 7) is 0. The van der Waals surface area contributed by atoms with Crippen molar-refractivity contribution in [3.63, 3.8) is 0 Å². The maximum absolute atomic E-state index is 12.1. The van der Waals surface area contributed by atoms with E-state index >= 15 is 0 Å². The summed E-state index contributed by atoms with van der Waals surface area (Å²) in [5.74, 6) is 1.22. The summed E-state index contributed by atoms with van der Waals surface area (Å²) in [4.78, 5) is 24.8. The first-order valence-corrected chi connectivity index (χ1v) is 9.10. The number of nitrogens with one attached hydrogen (secondary N) is 2. The van der Waals surface area contributed by atoms with E-state index in [1.807, 2.05) is 24.3 Å². The molecule has 2 aromatic rings. The van der Waals surface area contributed by atoms with E-state index in [0.29, 0.717) is 5.75 Å². The number of methoxy groups -OCH3 is 1. The topological polar surface area (TPSA) is 67.4 Å². The highest BCUT2D eigenvalue weighted by atomic mass is 32.2. The van der Waals surface area contributed by atoms with E-state index < -0.39 is 0 Å². The third-order valence-corrected chi connectivity index (χ3v) is 4.79. The minimum absolute atomic E-state index is 0.0809. The Hall–Kier alpha value is -2.47. The van der Waals surface area contributed by atoms with Crippen LogP contribution in [0.3, 0.4) is 0 Å². The van der Waals surface area contributed by atoms with Gasteiger partial charge >= 0.3 is 0 Å². The molecular weight excluding hydrogens is 336 g/mol. The highest BCUT2D eigenvalue weighted by molar-refractivity contribution is 8.00. The van der Waals surface area contributed by atoms with Gasteiger partial charge in [0.15, 0.2) is 0 Å². The van der Waals surface area contributed by atoms with Crippen molar-refractivity contribution in [1.29, 1.82) is 0 Å². The first kappa shape index (κ1) is 17.4. The molecule has 0 spiro atoms. The lowest BCUT2D eigenvalue weighted by Gasteiger charge is -2.08. The number of hydrogen-bond donors (Lipinski definition) is 2. The second-order valence-electron chi connectivity index (χ2n) is 5.86. The van der Waals surface area contributed by atoms with Gasteiger partial charge in [-0.2, -0.15) is 0 Å². The third-order valence-electron chi connectivity index (χ3n) is 3.79. The van der Waals surface area contributed by atoms with Gasteiger partial charge in [0.2, 0.25) is 11.8 Å². The Bertz CT molecular complexity index is 758. The number of benzene rings is 2. The van der Waals surface area contributed by atoms with Gasteiger partial charge in [-0.15, -0.1) is 11.8 Å². The summed E-state index contributed by atoms with van der Waals surface area (Å²) in [6, 6.07) is 14.8. The first-order valence-electron chi connectivity index (χ1n) is 8.11. The highest BCUT2D eigenvalue weighted by Crippen LogP contribution is 2.30. The number of anilines is 2. The Morgan fingerprint density at radius 3 is 2.52 bits per heavy atom. The molecule has 1 aliphatic carbocycles.